The summed E-state index contributed by atoms with van der Waals surface area (Å²) in [5.41, 5.74) is 11.4. The van der Waals surface area contributed by atoms with Crippen molar-refractivity contribution >= 4 is 103 Å². The van der Waals surface area contributed by atoms with Gasteiger partial charge >= 0.3 is 0 Å². The first-order valence-electron chi connectivity index (χ1n) is 18.9. The van der Waals surface area contributed by atoms with Crippen LogP contribution in [0.3, 0.4) is 0 Å². The molecule has 0 saturated heterocycles. The molecule has 4 heteroatoms. The van der Waals surface area contributed by atoms with Crippen molar-refractivity contribution in [1.82, 2.24) is 0 Å². The maximum atomic E-state index is 6.45. The van der Waals surface area contributed by atoms with Crippen molar-refractivity contribution in [2.45, 2.75) is 0 Å². The molecule has 0 saturated carbocycles. The van der Waals surface area contributed by atoms with Crippen LogP contribution in [0.25, 0.3) is 97.1 Å². The van der Waals surface area contributed by atoms with E-state index in [1.165, 1.54) is 42.1 Å². The average Bonchev–Trinajstić information content (AvgIpc) is 3.94. The van der Waals surface area contributed by atoms with Crippen molar-refractivity contribution < 1.29 is 8.83 Å². The van der Waals surface area contributed by atoms with Gasteiger partial charge in [-0.3, -0.25) is 0 Å². The second-order valence-corrected chi connectivity index (χ2v) is 15.5. The number of nitrogens with zero attached hydrogens (tertiary/aromatic N) is 1. The molecule has 0 amide bonds. The minimum absolute atomic E-state index is 0.859. The van der Waals surface area contributed by atoms with E-state index >= 15 is 0 Å². The van der Waals surface area contributed by atoms with E-state index in [0.29, 0.717) is 0 Å². The van der Waals surface area contributed by atoms with Crippen molar-refractivity contribution in [2.75, 3.05) is 4.90 Å². The normalized spacial score (nSPS) is 11.9. The molecule has 0 spiro atoms. The molecule has 3 aromatic heterocycles. The van der Waals surface area contributed by atoms with Crippen LogP contribution in [-0.4, -0.2) is 0 Å². The van der Waals surface area contributed by atoms with Crippen LogP contribution in [0, 0.1) is 0 Å². The van der Waals surface area contributed by atoms with Crippen LogP contribution in [-0.2, 0) is 0 Å². The number of rotatable bonds is 5. The molecule has 0 aliphatic carbocycles. The van der Waals surface area contributed by atoms with Crippen LogP contribution in [0.4, 0.5) is 17.1 Å². The Balaban J connectivity index is 1.06. The fourth-order valence-corrected chi connectivity index (χ4v) is 9.90. The van der Waals surface area contributed by atoms with Crippen LogP contribution in [0.1, 0.15) is 0 Å². The highest BCUT2D eigenvalue weighted by Crippen LogP contribution is 2.47. The van der Waals surface area contributed by atoms with Crippen LogP contribution in [0.2, 0.25) is 0 Å². The lowest BCUT2D eigenvalue weighted by Gasteiger charge is -2.28. The molecule has 0 unspecified atom stereocenters. The lowest BCUT2D eigenvalue weighted by molar-refractivity contribution is 0.669. The summed E-state index contributed by atoms with van der Waals surface area (Å²) < 4.78 is 15.5. The summed E-state index contributed by atoms with van der Waals surface area (Å²) in [6.45, 7) is 0. The Morgan fingerprint density at radius 2 is 1.00 bits per heavy atom. The first-order valence-corrected chi connectivity index (χ1v) is 19.7. The minimum Gasteiger partial charge on any atom is -0.456 e. The second-order valence-electron chi connectivity index (χ2n) is 14.4. The summed E-state index contributed by atoms with van der Waals surface area (Å²) >= 11 is 1.87. The molecular formula is C52H31NO2S. The topological polar surface area (TPSA) is 29.5 Å². The minimum atomic E-state index is 0.859. The zero-order valence-electron chi connectivity index (χ0n) is 30.1. The Morgan fingerprint density at radius 1 is 0.375 bits per heavy atom. The molecule has 3 heterocycles. The number of para-hydroxylation sites is 2. The highest BCUT2D eigenvalue weighted by atomic mass is 32.1. The predicted octanol–water partition coefficient (Wildman–Crippen LogP) is 15.8. The standard InChI is InChI=1S/C52H31NO2S/c1-2-12-34-31-49-43(29-33(34)11-1)42-30-35(25-28-47(42)55-49)37-13-3-6-18-44(37)53(45-19-10-21-48-51(45)41-15-4-7-20-46(41)54-48)36-26-23-32(24-27-36)38-16-9-17-40-39-14-5-8-22-50(39)56-52(38)40/h1-31H. The molecule has 0 atom stereocenters. The molecule has 0 aliphatic heterocycles. The molecular weight excluding hydrogens is 703 g/mol. The van der Waals surface area contributed by atoms with E-state index in [2.05, 4.69) is 187 Å². The summed E-state index contributed by atoms with van der Waals surface area (Å²) in [6.07, 6.45) is 0. The van der Waals surface area contributed by atoms with Gasteiger partial charge in [0.25, 0.3) is 0 Å². The lowest BCUT2D eigenvalue weighted by Crippen LogP contribution is -2.11. The third-order valence-corrected chi connectivity index (χ3v) is 12.5. The average molecular weight is 734 g/mol. The van der Waals surface area contributed by atoms with Gasteiger partial charge in [0.2, 0.25) is 0 Å². The van der Waals surface area contributed by atoms with Gasteiger partial charge < -0.3 is 13.7 Å². The number of fused-ring (bicyclic) bond motifs is 10. The molecule has 12 rings (SSSR count). The van der Waals surface area contributed by atoms with Crippen LogP contribution >= 0.6 is 11.3 Å². The lowest BCUT2D eigenvalue weighted by atomic mass is 9.98. The quantitative estimate of drug-likeness (QED) is 0.176. The largest absolute Gasteiger partial charge is 0.456 e. The first-order chi connectivity index (χ1) is 27.7. The van der Waals surface area contributed by atoms with Gasteiger partial charge in [-0.25, -0.2) is 0 Å². The molecule has 0 fully saturated rings. The number of hydrogen-bond donors (Lipinski definition) is 0. The van der Waals surface area contributed by atoms with Crippen molar-refractivity contribution in [3.63, 3.8) is 0 Å². The predicted molar refractivity (Wildman–Crippen MR) is 237 cm³/mol. The molecule has 262 valence electrons. The molecule has 0 aliphatic rings. The number of furan rings is 2. The molecule has 0 N–H and O–H groups in total. The van der Waals surface area contributed by atoms with Gasteiger partial charge in [-0.15, -0.1) is 11.3 Å². The molecule has 3 nitrogen and oxygen atoms in total. The number of benzene rings is 9. The Bertz CT molecular complexity index is 3500. The van der Waals surface area contributed by atoms with E-state index < -0.39 is 0 Å². The Labute approximate surface area is 325 Å². The summed E-state index contributed by atoms with van der Waals surface area (Å²) in [5.74, 6) is 0. The van der Waals surface area contributed by atoms with Gasteiger partial charge in [-0.1, -0.05) is 121 Å². The molecule has 9 aromatic carbocycles. The van der Waals surface area contributed by atoms with Crippen molar-refractivity contribution in [2.24, 2.45) is 0 Å². The zero-order chi connectivity index (χ0) is 36.7. The van der Waals surface area contributed by atoms with Gasteiger partial charge in [0, 0.05) is 47.6 Å². The Kier molecular flexibility index (Phi) is 6.80. The summed E-state index contributed by atoms with van der Waals surface area (Å²) in [6, 6.07) is 67.3. The van der Waals surface area contributed by atoms with Gasteiger partial charge in [0.15, 0.2) is 0 Å². The maximum absolute atomic E-state index is 6.45. The van der Waals surface area contributed by atoms with Crippen molar-refractivity contribution in [1.29, 1.82) is 0 Å². The number of thiophene rings is 1. The second kappa shape index (κ2) is 12.2. The monoisotopic (exact) mass is 733 g/mol. The van der Waals surface area contributed by atoms with Gasteiger partial charge in [0.05, 0.1) is 16.8 Å². The van der Waals surface area contributed by atoms with E-state index in [1.807, 2.05) is 17.4 Å². The maximum Gasteiger partial charge on any atom is 0.137 e. The van der Waals surface area contributed by atoms with Crippen LogP contribution in [0.5, 0.6) is 0 Å². The third-order valence-electron chi connectivity index (χ3n) is 11.3. The number of hydrogen-bond acceptors (Lipinski definition) is 4. The van der Waals surface area contributed by atoms with E-state index in [0.717, 1.165) is 72.1 Å². The van der Waals surface area contributed by atoms with Gasteiger partial charge in [0.1, 0.15) is 22.3 Å². The van der Waals surface area contributed by atoms with Gasteiger partial charge in [-0.2, -0.15) is 0 Å². The molecule has 0 radical (unpaired) electrons. The summed E-state index contributed by atoms with van der Waals surface area (Å²) in [7, 11) is 0. The molecule has 56 heavy (non-hydrogen) atoms. The van der Waals surface area contributed by atoms with Crippen molar-refractivity contribution in [3.05, 3.63) is 188 Å². The Morgan fingerprint density at radius 3 is 1.91 bits per heavy atom. The van der Waals surface area contributed by atoms with E-state index in [9.17, 15) is 0 Å². The summed E-state index contributed by atoms with van der Waals surface area (Å²) in [4.78, 5) is 2.40. The Hall–Kier alpha value is -7.14. The fraction of sp³-hybridized carbons (Fsp3) is 0. The highest BCUT2D eigenvalue weighted by Gasteiger charge is 2.23. The molecule has 12 aromatic rings. The van der Waals surface area contributed by atoms with Crippen molar-refractivity contribution in [3.8, 4) is 22.3 Å². The fourth-order valence-electron chi connectivity index (χ4n) is 8.66. The smallest absolute Gasteiger partial charge is 0.137 e. The molecule has 0 bridgehead atoms. The van der Waals surface area contributed by atoms with E-state index in [1.54, 1.807) is 0 Å². The summed E-state index contributed by atoms with van der Waals surface area (Å²) in [5, 5.41) is 9.38. The first kappa shape index (κ1) is 31.2. The zero-order valence-corrected chi connectivity index (χ0v) is 30.9. The van der Waals surface area contributed by atoms with E-state index in [4.69, 9.17) is 8.83 Å². The number of anilines is 3. The van der Waals surface area contributed by atoms with E-state index in [-0.39, 0.29) is 0 Å². The van der Waals surface area contributed by atoms with Gasteiger partial charge in [-0.05, 0) is 94.2 Å². The van der Waals surface area contributed by atoms with Crippen LogP contribution in [0.15, 0.2) is 197 Å². The highest BCUT2D eigenvalue weighted by molar-refractivity contribution is 7.26. The SMILES string of the molecule is c1ccc(N(c2ccc(-c3cccc4c3sc3ccccc34)cc2)c2cccc3oc4ccccc4c23)c(-c2ccc3oc4cc5ccccc5cc4c3c2)c1. The third kappa shape index (κ3) is 4.76. The van der Waals surface area contributed by atoms with Crippen LogP contribution < -0.4 is 4.90 Å².